The molecule has 1 fully saturated rings. The standard InChI is InChI=1S/C16H17ClN2O3S2/c17-14-8-9-15(23-14)24(21,22)18-13-7-3-2-6-12(13)16(20)19-10-4-1-5-11-19/h2-3,6-9,18H,1,4-5,10-11H2. The molecule has 1 N–H and O–H groups in total. The van der Waals surface area contributed by atoms with Gasteiger partial charge in [0.15, 0.2) is 0 Å². The second-order valence-electron chi connectivity index (χ2n) is 5.56. The molecule has 1 saturated heterocycles. The third-order valence-corrected chi connectivity index (χ3v) is 6.95. The van der Waals surface area contributed by atoms with E-state index in [9.17, 15) is 13.2 Å². The van der Waals surface area contributed by atoms with Crippen LogP contribution in [0, 0.1) is 0 Å². The van der Waals surface area contributed by atoms with Gasteiger partial charge in [0, 0.05) is 13.1 Å². The first-order valence-electron chi connectivity index (χ1n) is 7.64. The topological polar surface area (TPSA) is 66.5 Å². The van der Waals surface area contributed by atoms with Crippen molar-refractivity contribution >= 4 is 44.6 Å². The van der Waals surface area contributed by atoms with Crippen molar-refractivity contribution in [2.45, 2.75) is 23.5 Å². The number of nitrogens with one attached hydrogen (secondary N) is 1. The average molecular weight is 385 g/mol. The Labute approximate surface area is 150 Å². The average Bonchev–Trinajstić information content (AvgIpc) is 3.03. The molecule has 0 unspecified atom stereocenters. The lowest BCUT2D eigenvalue weighted by atomic mass is 10.1. The van der Waals surface area contributed by atoms with Crippen molar-refractivity contribution < 1.29 is 13.2 Å². The van der Waals surface area contributed by atoms with Crippen molar-refractivity contribution in [3.05, 3.63) is 46.3 Å². The maximum Gasteiger partial charge on any atom is 0.271 e. The molecule has 8 heteroatoms. The van der Waals surface area contributed by atoms with E-state index in [4.69, 9.17) is 11.6 Å². The van der Waals surface area contributed by atoms with Crippen LogP contribution in [-0.2, 0) is 10.0 Å². The lowest BCUT2D eigenvalue weighted by Gasteiger charge is -2.27. The quantitative estimate of drug-likeness (QED) is 0.871. The summed E-state index contributed by atoms with van der Waals surface area (Å²) in [7, 11) is -3.77. The molecule has 5 nitrogen and oxygen atoms in total. The maximum absolute atomic E-state index is 12.7. The van der Waals surface area contributed by atoms with E-state index in [1.807, 2.05) is 0 Å². The fraction of sp³-hybridized carbons (Fsp3) is 0.312. The van der Waals surface area contributed by atoms with Gasteiger partial charge in [0.1, 0.15) is 4.21 Å². The van der Waals surface area contributed by atoms with Crippen LogP contribution in [0.4, 0.5) is 5.69 Å². The SMILES string of the molecule is O=C(c1ccccc1NS(=O)(=O)c1ccc(Cl)s1)N1CCCCC1. The number of likely N-dealkylation sites (tertiary alicyclic amines) is 1. The maximum atomic E-state index is 12.7. The number of sulfonamides is 1. The summed E-state index contributed by atoms with van der Waals surface area (Å²) in [4.78, 5) is 14.5. The monoisotopic (exact) mass is 384 g/mol. The van der Waals surface area contributed by atoms with Gasteiger partial charge in [-0.25, -0.2) is 8.42 Å². The number of nitrogens with zero attached hydrogens (tertiary/aromatic N) is 1. The fourth-order valence-corrected chi connectivity index (χ4v) is 5.23. The first kappa shape index (κ1) is 17.3. The largest absolute Gasteiger partial charge is 0.339 e. The van der Waals surface area contributed by atoms with Gasteiger partial charge in [-0.2, -0.15) is 0 Å². The Bertz CT molecular complexity index is 843. The molecule has 1 aliphatic rings. The van der Waals surface area contributed by atoms with E-state index < -0.39 is 10.0 Å². The van der Waals surface area contributed by atoms with Crippen LogP contribution in [0.2, 0.25) is 4.34 Å². The molecule has 1 amide bonds. The van der Waals surface area contributed by atoms with Crippen LogP contribution in [0.15, 0.2) is 40.6 Å². The molecule has 2 aromatic rings. The van der Waals surface area contributed by atoms with Crippen LogP contribution in [0.5, 0.6) is 0 Å². The van der Waals surface area contributed by atoms with Crippen LogP contribution >= 0.6 is 22.9 Å². The van der Waals surface area contributed by atoms with E-state index in [1.54, 1.807) is 29.2 Å². The zero-order chi connectivity index (χ0) is 17.2. The number of carbonyl (C=O) groups is 1. The number of thiophene rings is 1. The lowest BCUT2D eigenvalue weighted by Crippen LogP contribution is -2.36. The Morgan fingerprint density at radius 3 is 2.46 bits per heavy atom. The number of amides is 1. The predicted octanol–water partition coefficient (Wildman–Crippen LogP) is 3.83. The second kappa shape index (κ2) is 7.13. The van der Waals surface area contributed by atoms with Crippen LogP contribution in [0.3, 0.4) is 0 Å². The molecule has 0 saturated carbocycles. The highest BCUT2D eigenvalue weighted by atomic mass is 35.5. The van der Waals surface area contributed by atoms with Crippen molar-refractivity contribution in [2.75, 3.05) is 17.8 Å². The Hall–Kier alpha value is -1.57. The molecule has 1 aliphatic heterocycles. The van der Waals surface area contributed by atoms with Crippen LogP contribution < -0.4 is 4.72 Å². The minimum atomic E-state index is -3.77. The van der Waals surface area contributed by atoms with Gasteiger partial charge in [0.2, 0.25) is 0 Å². The molecule has 0 radical (unpaired) electrons. The Kier molecular flexibility index (Phi) is 5.12. The number of carbonyl (C=O) groups excluding carboxylic acids is 1. The molecule has 24 heavy (non-hydrogen) atoms. The van der Waals surface area contributed by atoms with Gasteiger partial charge < -0.3 is 4.90 Å². The number of anilines is 1. The molecule has 3 rings (SSSR count). The summed E-state index contributed by atoms with van der Waals surface area (Å²) in [5, 5.41) is 0. The summed E-state index contributed by atoms with van der Waals surface area (Å²) in [6.07, 6.45) is 3.08. The number of halogens is 1. The van der Waals surface area contributed by atoms with Gasteiger partial charge >= 0.3 is 0 Å². The molecule has 1 aromatic heterocycles. The molecule has 0 aliphatic carbocycles. The number of benzene rings is 1. The van der Waals surface area contributed by atoms with Crippen LogP contribution in [0.1, 0.15) is 29.6 Å². The van der Waals surface area contributed by atoms with Crippen LogP contribution in [0.25, 0.3) is 0 Å². The first-order valence-corrected chi connectivity index (χ1v) is 10.3. The Balaban J connectivity index is 1.88. The van der Waals surface area contributed by atoms with Crippen LogP contribution in [-0.4, -0.2) is 32.3 Å². The first-order chi connectivity index (χ1) is 11.5. The van der Waals surface area contributed by atoms with Crippen molar-refractivity contribution in [3.8, 4) is 0 Å². The normalized spacial score (nSPS) is 15.3. The number of rotatable bonds is 4. The zero-order valence-electron chi connectivity index (χ0n) is 12.9. The smallest absolute Gasteiger partial charge is 0.271 e. The van der Waals surface area contributed by atoms with Crippen molar-refractivity contribution in [1.82, 2.24) is 4.90 Å². The summed E-state index contributed by atoms with van der Waals surface area (Å²) in [5.74, 6) is -0.141. The van der Waals surface area contributed by atoms with E-state index in [-0.39, 0.29) is 15.8 Å². The molecule has 0 bridgehead atoms. The highest BCUT2D eigenvalue weighted by molar-refractivity contribution is 7.94. The van der Waals surface area contributed by atoms with E-state index in [0.717, 1.165) is 30.6 Å². The zero-order valence-corrected chi connectivity index (χ0v) is 15.3. The fourth-order valence-electron chi connectivity index (χ4n) is 2.66. The van der Waals surface area contributed by atoms with Gasteiger partial charge in [0.05, 0.1) is 15.6 Å². The summed E-state index contributed by atoms with van der Waals surface area (Å²) >= 11 is 6.79. The molecule has 0 atom stereocenters. The van der Waals surface area contributed by atoms with E-state index in [1.165, 1.54) is 12.1 Å². The Morgan fingerprint density at radius 2 is 1.79 bits per heavy atom. The van der Waals surface area contributed by atoms with Crippen molar-refractivity contribution in [3.63, 3.8) is 0 Å². The molecule has 0 spiro atoms. The number of hydrogen-bond donors (Lipinski definition) is 1. The van der Waals surface area contributed by atoms with E-state index in [2.05, 4.69) is 4.72 Å². The summed E-state index contributed by atoms with van der Waals surface area (Å²) in [6.45, 7) is 1.42. The summed E-state index contributed by atoms with van der Waals surface area (Å²) in [6, 6.07) is 9.67. The minimum Gasteiger partial charge on any atom is -0.339 e. The van der Waals surface area contributed by atoms with E-state index in [0.29, 0.717) is 23.0 Å². The van der Waals surface area contributed by atoms with Gasteiger partial charge in [-0.1, -0.05) is 23.7 Å². The highest BCUT2D eigenvalue weighted by Gasteiger charge is 2.23. The van der Waals surface area contributed by atoms with Gasteiger partial charge in [-0.15, -0.1) is 11.3 Å². The predicted molar refractivity (Wildman–Crippen MR) is 96.3 cm³/mol. The Morgan fingerprint density at radius 1 is 1.08 bits per heavy atom. The number of hydrogen-bond acceptors (Lipinski definition) is 4. The lowest BCUT2D eigenvalue weighted by molar-refractivity contribution is 0.0725. The molecule has 1 aromatic carbocycles. The third-order valence-electron chi connectivity index (χ3n) is 3.86. The summed E-state index contributed by atoms with van der Waals surface area (Å²) < 4.78 is 28.0. The molecular formula is C16H17ClN2O3S2. The van der Waals surface area contributed by atoms with Gasteiger partial charge in [0.25, 0.3) is 15.9 Å². The van der Waals surface area contributed by atoms with Gasteiger partial charge in [-0.05, 0) is 43.5 Å². The highest BCUT2D eigenvalue weighted by Crippen LogP contribution is 2.28. The van der Waals surface area contributed by atoms with Crippen molar-refractivity contribution in [2.24, 2.45) is 0 Å². The molecular weight excluding hydrogens is 368 g/mol. The molecule has 2 heterocycles. The van der Waals surface area contributed by atoms with E-state index >= 15 is 0 Å². The minimum absolute atomic E-state index is 0.118. The summed E-state index contributed by atoms with van der Waals surface area (Å²) in [5.41, 5.74) is 0.656. The molecule has 128 valence electrons. The second-order valence-corrected chi connectivity index (χ2v) is 9.19. The van der Waals surface area contributed by atoms with Crippen molar-refractivity contribution in [1.29, 1.82) is 0 Å². The van der Waals surface area contributed by atoms with Gasteiger partial charge in [-0.3, -0.25) is 9.52 Å². The third kappa shape index (κ3) is 3.74. The number of para-hydroxylation sites is 1. The number of piperidine rings is 1.